The third-order valence-electron chi connectivity index (χ3n) is 4.69. The summed E-state index contributed by atoms with van der Waals surface area (Å²) in [5.74, 6) is 1.41. The number of nitrogen functional groups attached to an aromatic ring is 1. The monoisotopic (exact) mass is 399 g/mol. The van der Waals surface area contributed by atoms with E-state index >= 15 is 0 Å². The Labute approximate surface area is 171 Å². The topological polar surface area (TPSA) is 107 Å². The first kappa shape index (κ1) is 21.0. The van der Waals surface area contributed by atoms with E-state index in [-0.39, 0.29) is 17.4 Å². The minimum Gasteiger partial charge on any atom is -0.488 e. The van der Waals surface area contributed by atoms with E-state index in [1.54, 1.807) is 25.3 Å². The molecular weight excluding hydrogens is 370 g/mol. The number of aromatic nitrogens is 2. The Hall–Kier alpha value is -2.71. The summed E-state index contributed by atoms with van der Waals surface area (Å²) < 4.78 is 16.7. The first-order valence-electron chi connectivity index (χ1n) is 9.64. The van der Waals surface area contributed by atoms with Crippen LogP contribution in [0.5, 0.6) is 5.75 Å². The van der Waals surface area contributed by atoms with E-state index in [9.17, 15) is 0 Å². The summed E-state index contributed by atoms with van der Waals surface area (Å²) in [6.45, 7) is 8.61. The minimum atomic E-state index is -0.244. The standard InChI is InChI=1S/C21H29N5O3/c1-14(11-27-4)29-15-5-6-17(22)16(9-15)20(23)18-10-19(25-13-24-18)26-7-8-28-21(2,3)12-26/h5-6,9-10,13-14,23H,7-8,11-12,22H2,1-4H3. The van der Waals surface area contributed by atoms with Crippen molar-refractivity contribution < 1.29 is 14.2 Å². The van der Waals surface area contributed by atoms with Crippen molar-refractivity contribution in [1.82, 2.24) is 9.97 Å². The lowest BCUT2D eigenvalue weighted by molar-refractivity contribution is -0.0279. The van der Waals surface area contributed by atoms with Gasteiger partial charge in [-0.1, -0.05) is 0 Å². The summed E-state index contributed by atoms with van der Waals surface area (Å²) in [4.78, 5) is 10.8. The molecule has 8 nitrogen and oxygen atoms in total. The third kappa shape index (κ3) is 5.21. The van der Waals surface area contributed by atoms with Crippen molar-refractivity contribution in [3.8, 4) is 5.75 Å². The quantitative estimate of drug-likeness (QED) is 0.544. The van der Waals surface area contributed by atoms with Gasteiger partial charge in [-0.25, -0.2) is 9.97 Å². The van der Waals surface area contributed by atoms with Gasteiger partial charge in [0.25, 0.3) is 0 Å². The average Bonchev–Trinajstić information content (AvgIpc) is 2.68. The number of ether oxygens (including phenoxy) is 3. The Morgan fingerprint density at radius 1 is 1.34 bits per heavy atom. The van der Waals surface area contributed by atoms with Gasteiger partial charge in [0.2, 0.25) is 0 Å². The predicted molar refractivity (Wildman–Crippen MR) is 113 cm³/mol. The van der Waals surface area contributed by atoms with Crippen molar-refractivity contribution in [1.29, 1.82) is 5.41 Å². The van der Waals surface area contributed by atoms with E-state index in [0.717, 1.165) is 18.9 Å². The van der Waals surface area contributed by atoms with Crippen molar-refractivity contribution in [3.05, 3.63) is 41.9 Å². The summed E-state index contributed by atoms with van der Waals surface area (Å²) in [7, 11) is 1.63. The lowest BCUT2D eigenvalue weighted by Gasteiger charge is -2.38. The van der Waals surface area contributed by atoms with Gasteiger partial charge < -0.3 is 24.8 Å². The molecule has 0 saturated carbocycles. The van der Waals surface area contributed by atoms with Crippen LogP contribution < -0.4 is 15.4 Å². The number of nitrogens with one attached hydrogen (secondary N) is 1. The molecule has 0 aliphatic carbocycles. The van der Waals surface area contributed by atoms with Crippen LogP contribution in [0.15, 0.2) is 30.6 Å². The minimum absolute atomic E-state index is 0.110. The highest BCUT2D eigenvalue weighted by atomic mass is 16.5. The van der Waals surface area contributed by atoms with Crippen LogP contribution in [0.3, 0.4) is 0 Å². The molecule has 2 heterocycles. The molecule has 29 heavy (non-hydrogen) atoms. The van der Waals surface area contributed by atoms with Crippen LogP contribution in [0.4, 0.5) is 11.5 Å². The smallest absolute Gasteiger partial charge is 0.132 e. The number of hydrogen-bond acceptors (Lipinski definition) is 8. The lowest BCUT2D eigenvalue weighted by Crippen LogP contribution is -2.48. The Morgan fingerprint density at radius 2 is 2.14 bits per heavy atom. The first-order chi connectivity index (χ1) is 13.8. The molecule has 1 aromatic carbocycles. The highest BCUT2D eigenvalue weighted by molar-refractivity contribution is 6.13. The number of nitrogens with zero attached hydrogens (tertiary/aromatic N) is 3. The van der Waals surface area contributed by atoms with E-state index in [2.05, 4.69) is 28.7 Å². The third-order valence-corrected chi connectivity index (χ3v) is 4.69. The van der Waals surface area contributed by atoms with Gasteiger partial charge in [0, 0.05) is 37.5 Å². The van der Waals surface area contributed by atoms with Crippen molar-refractivity contribution in [3.63, 3.8) is 0 Å². The highest BCUT2D eigenvalue weighted by Crippen LogP contribution is 2.25. The molecule has 3 N–H and O–H groups in total. The number of methoxy groups -OCH3 is 1. The zero-order valence-corrected chi connectivity index (χ0v) is 17.4. The van der Waals surface area contributed by atoms with Crippen LogP contribution in [-0.4, -0.2) is 60.8 Å². The maximum absolute atomic E-state index is 8.67. The van der Waals surface area contributed by atoms with Crippen LogP contribution in [0.25, 0.3) is 0 Å². The molecule has 1 aromatic heterocycles. The molecule has 1 saturated heterocycles. The number of morpholine rings is 1. The fourth-order valence-corrected chi connectivity index (χ4v) is 3.33. The Morgan fingerprint density at radius 3 is 2.86 bits per heavy atom. The molecule has 1 aliphatic rings. The fraction of sp³-hybridized carbons (Fsp3) is 0.476. The maximum Gasteiger partial charge on any atom is 0.132 e. The molecule has 0 radical (unpaired) electrons. The van der Waals surface area contributed by atoms with Gasteiger partial charge >= 0.3 is 0 Å². The molecule has 1 aliphatic heterocycles. The largest absolute Gasteiger partial charge is 0.488 e. The van der Waals surface area contributed by atoms with E-state index < -0.39 is 0 Å². The summed E-state index contributed by atoms with van der Waals surface area (Å²) in [5, 5.41) is 8.67. The number of nitrogens with two attached hydrogens (primary N) is 1. The Bertz CT molecular complexity index is 871. The number of rotatable bonds is 7. The van der Waals surface area contributed by atoms with Crippen molar-refractivity contribution in [2.75, 3.05) is 44.0 Å². The normalized spacial score (nSPS) is 17.0. The molecule has 0 spiro atoms. The summed E-state index contributed by atoms with van der Waals surface area (Å²) in [6, 6.07) is 7.12. The van der Waals surface area contributed by atoms with Crippen molar-refractivity contribution in [2.45, 2.75) is 32.5 Å². The SMILES string of the molecule is COCC(C)Oc1ccc(N)c(C(=N)c2cc(N3CCOC(C)(C)C3)ncn2)c1. The van der Waals surface area contributed by atoms with E-state index in [1.165, 1.54) is 6.33 Å². The molecule has 2 aromatic rings. The Kier molecular flexibility index (Phi) is 6.34. The second kappa shape index (κ2) is 8.75. The summed E-state index contributed by atoms with van der Waals surface area (Å²) >= 11 is 0. The van der Waals surface area contributed by atoms with Gasteiger partial charge in [-0.3, -0.25) is 5.41 Å². The molecule has 1 unspecified atom stereocenters. The lowest BCUT2D eigenvalue weighted by atomic mass is 10.0. The number of anilines is 2. The summed E-state index contributed by atoms with van der Waals surface area (Å²) in [5.41, 5.74) is 7.69. The molecule has 1 fully saturated rings. The molecule has 1 atom stereocenters. The van der Waals surface area contributed by atoms with Crippen LogP contribution in [0.2, 0.25) is 0 Å². The van der Waals surface area contributed by atoms with E-state index in [4.69, 9.17) is 25.4 Å². The molecule has 0 bridgehead atoms. The first-order valence-corrected chi connectivity index (χ1v) is 9.64. The zero-order valence-electron chi connectivity index (χ0n) is 17.4. The number of hydrogen-bond donors (Lipinski definition) is 2. The van der Waals surface area contributed by atoms with Crippen LogP contribution in [-0.2, 0) is 9.47 Å². The van der Waals surface area contributed by atoms with Gasteiger partial charge in [0.05, 0.1) is 30.2 Å². The average molecular weight is 399 g/mol. The fourth-order valence-electron chi connectivity index (χ4n) is 3.33. The summed E-state index contributed by atoms with van der Waals surface area (Å²) in [6.07, 6.45) is 1.37. The molecule has 8 heteroatoms. The van der Waals surface area contributed by atoms with Crippen LogP contribution >= 0.6 is 0 Å². The van der Waals surface area contributed by atoms with Gasteiger partial charge in [-0.15, -0.1) is 0 Å². The van der Waals surface area contributed by atoms with Gasteiger partial charge in [-0.2, -0.15) is 0 Å². The van der Waals surface area contributed by atoms with Gasteiger partial charge in [-0.05, 0) is 39.0 Å². The molecule has 3 rings (SSSR count). The second-order valence-corrected chi connectivity index (χ2v) is 7.80. The molecule has 156 valence electrons. The molecule has 0 amide bonds. The zero-order chi connectivity index (χ0) is 21.0. The van der Waals surface area contributed by atoms with E-state index in [1.807, 2.05) is 13.0 Å². The maximum atomic E-state index is 8.67. The van der Waals surface area contributed by atoms with Crippen LogP contribution in [0.1, 0.15) is 32.0 Å². The van der Waals surface area contributed by atoms with Gasteiger partial charge in [0.15, 0.2) is 0 Å². The highest BCUT2D eigenvalue weighted by Gasteiger charge is 2.28. The van der Waals surface area contributed by atoms with Crippen molar-refractivity contribution >= 4 is 17.2 Å². The number of benzene rings is 1. The Balaban J connectivity index is 1.83. The van der Waals surface area contributed by atoms with Crippen molar-refractivity contribution in [2.24, 2.45) is 0 Å². The van der Waals surface area contributed by atoms with E-state index in [0.29, 0.717) is 35.9 Å². The molecular formula is C21H29N5O3. The predicted octanol–water partition coefficient (Wildman–Crippen LogP) is 2.50. The van der Waals surface area contributed by atoms with Crippen LogP contribution in [0, 0.1) is 5.41 Å². The van der Waals surface area contributed by atoms with Gasteiger partial charge in [0.1, 0.15) is 24.0 Å². The second-order valence-electron chi connectivity index (χ2n) is 7.80.